The van der Waals surface area contributed by atoms with Crippen LogP contribution in [-0.2, 0) is 0 Å². The molecule has 2 nitrogen and oxygen atoms in total. The Morgan fingerprint density at radius 3 is 1.78 bits per heavy atom. The second kappa shape index (κ2) is 3.49. The third kappa shape index (κ3) is 2.49. The lowest BCUT2D eigenvalue weighted by Gasteiger charge is -1.83. The first-order chi connectivity index (χ1) is 4.09. The van der Waals surface area contributed by atoms with E-state index in [2.05, 4.69) is 0 Å². The minimum atomic E-state index is -2.06. The predicted molar refractivity (Wildman–Crippen MR) is 20.2 cm³/mol. The first-order valence-electron chi connectivity index (χ1n) is 1.48. The molecule has 0 atom stereocenters. The molecule has 0 aliphatic heterocycles. The van der Waals surface area contributed by atoms with E-state index in [0.29, 0.717) is 0 Å². The van der Waals surface area contributed by atoms with Gasteiger partial charge >= 0.3 is 5.17 Å². The van der Waals surface area contributed by atoms with Gasteiger partial charge in [-0.05, 0) is 0 Å². The lowest BCUT2D eigenvalue weighted by Crippen LogP contribution is -2.14. The highest BCUT2D eigenvalue weighted by Crippen LogP contribution is 2.11. The van der Waals surface area contributed by atoms with Crippen LogP contribution >= 0.6 is 12.1 Å². The van der Waals surface area contributed by atoms with Gasteiger partial charge in [-0.3, -0.25) is 0 Å². The van der Waals surface area contributed by atoms with Crippen LogP contribution in [0.4, 0.5) is 21.8 Å². The first kappa shape index (κ1) is 8.47. The number of nitrogens with zero attached hydrogens (tertiary/aromatic N) is 2. The highest BCUT2D eigenvalue weighted by molar-refractivity contribution is 8.09. The van der Waals surface area contributed by atoms with Crippen molar-refractivity contribution in [3.63, 3.8) is 0 Å². The Balaban J connectivity index is 4.16. The van der Waals surface area contributed by atoms with Crippen molar-refractivity contribution in [1.29, 1.82) is 0 Å². The molecule has 0 aromatic heterocycles. The quantitative estimate of drug-likeness (QED) is 0.235. The predicted octanol–water partition coefficient (Wildman–Crippen LogP) is 1.81. The highest BCUT2D eigenvalue weighted by Gasteiger charge is 2.29. The average Bonchev–Trinajstić information content (AvgIpc) is 1.64. The SMILES string of the molecule is FSC(N(F)F)=[N+](F)F. The van der Waals surface area contributed by atoms with Crippen LogP contribution in [0.3, 0.4) is 0 Å². The summed E-state index contributed by atoms with van der Waals surface area (Å²) >= 11 is -1.25. The Morgan fingerprint density at radius 2 is 1.78 bits per heavy atom. The second-order valence-corrected chi connectivity index (χ2v) is 1.35. The summed E-state index contributed by atoms with van der Waals surface area (Å²) in [4.78, 5) is 0. The van der Waals surface area contributed by atoms with E-state index >= 15 is 0 Å². The molecular weight excluding hydrogens is 167 g/mol. The van der Waals surface area contributed by atoms with E-state index in [1.807, 2.05) is 0 Å². The first-order valence-corrected chi connectivity index (χ1v) is 2.20. The van der Waals surface area contributed by atoms with Gasteiger partial charge in [-0.2, -0.15) is 3.89 Å². The maximum atomic E-state index is 11.0. The Kier molecular flexibility index (Phi) is 3.28. The molecule has 0 saturated heterocycles. The number of hydrogen-bond acceptors (Lipinski definition) is 1. The molecule has 0 rings (SSSR count). The molecule has 8 heteroatoms. The smallest absolute Gasteiger partial charge is 0.151 e. The molecule has 0 aromatic carbocycles. The Bertz CT molecular complexity index is 118. The van der Waals surface area contributed by atoms with E-state index in [0.717, 1.165) is 0 Å². The van der Waals surface area contributed by atoms with Crippen LogP contribution in [0, 0.1) is 0 Å². The van der Waals surface area contributed by atoms with Crippen molar-refractivity contribution in [1.82, 2.24) is 5.34 Å². The van der Waals surface area contributed by atoms with Gasteiger partial charge in [0, 0.05) is 17.9 Å². The van der Waals surface area contributed by atoms with E-state index in [-0.39, 0.29) is 0 Å². The van der Waals surface area contributed by atoms with Crippen molar-refractivity contribution >= 4 is 17.3 Å². The molecule has 0 heterocycles. The fraction of sp³-hybridized carbons (Fsp3) is 0. The Hall–Kier alpha value is -0.530. The standard InChI is InChI=1S/CF5N2S/c2-7(3)1(9-6)8(4)5/q+1. The minimum absolute atomic E-state index is 1.25. The minimum Gasteiger partial charge on any atom is -0.151 e. The van der Waals surface area contributed by atoms with Crippen LogP contribution in [0.1, 0.15) is 0 Å². The summed E-state index contributed by atoms with van der Waals surface area (Å²) in [6.07, 6.45) is 0. The van der Waals surface area contributed by atoms with E-state index in [9.17, 15) is 21.8 Å². The van der Waals surface area contributed by atoms with Crippen LogP contribution in [0.25, 0.3) is 0 Å². The molecule has 0 N–H and O–H groups in total. The molecule has 0 saturated carbocycles. The normalized spacial score (nSPS) is 9.00. The van der Waals surface area contributed by atoms with Crippen LogP contribution in [0.15, 0.2) is 0 Å². The lowest BCUT2D eigenvalue weighted by molar-refractivity contribution is -0.855. The highest BCUT2D eigenvalue weighted by atomic mass is 32.2. The van der Waals surface area contributed by atoms with Crippen molar-refractivity contribution in [3.05, 3.63) is 0 Å². The number of hydrogen-bond donors (Lipinski definition) is 0. The summed E-state index contributed by atoms with van der Waals surface area (Å²) in [6, 6.07) is 0. The molecule has 0 bridgehead atoms. The Labute approximate surface area is 50.6 Å². The summed E-state index contributed by atoms with van der Waals surface area (Å²) in [5.74, 6) is 0. The van der Waals surface area contributed by atoms with Crippen molar-refractivity contribution in [2.45, 2.75) is 0 Å². The lowest BCUT2D eigenvalue weighted by atomic mass is 11.3. The van der Waals surface area contributed by atoms with E-state index < -0.39 is 27.7 Å². The summed E-state index contributed by atoms with van der Waals surface area (Å²) in [7, 11) is 0. The summed E-state index contributed by atoms with van der Waals surface area (Å²) in [5.41, 5.74) is 0. The Morgan fingerprint density at radius 1 is 1.33 bits per heavy atom. The van der Waals surface area contributed by atoms with Crippen molar-refractivity contribution < 1.29 is 26.8 Å². The summed E-state index contributed by atoms with van der Waals surface area (Å²) in [5, 5.41) is -6.11. The molecule has 0 amide bonds. The molecule has 0 spiro atoms. The third-order valence-corrected chi connectivity index (χ3v) is 0.772. The van der Waals surface area contributed by atoms with Gasteiger partial charge < -0.3 is 0 Å². The summed E-state index contributed by atoms with van der Waals surface area (Å²) in [6.45, 7) is 0. The van der Waals surface area contributed by atoms with Gasteiger partial charge in [-0.25, -0.2) is 0 Å². The molecule has 0 aromatic rings. The molecule has 0 fully saturated rings. The fourth-order valence-corrected chi connectivity index (χ4v) is 0.214. The van der Waals surface area contributed by atoms with Crippen LogP contribution in [0.2, 0.25) is 0 Å². The van der Waals surface area contributed by atoms with E-state index in [1.54, 1.807) is 0 Å². The maximum Gasteiger partial charge on any atom is 0.490 e. The maximum absolute atomic E-state index is 11.0. The molecule has 9 heavy (non-hydrogen) atoms. The van der Waals surface area contributed by atoms with Crippen LogP contribution in [-0.4, -0.2) is 15.5 Å². The number of amidine groups is 1. The zero-order valence-electron chi connectivity index (χ0n) is 3.69. The third-order valence-electron chi connectivity index (χ3n) is 0.358. The zero-order valence-corrected chi connectivity index (χ0v) is 4.51. The monoisotopic (exact) mass is 167 g/mol. The molecule has 0 unspecified atom stereocenters. The van der Waals surface area contributed by atoms with Gasteiger partial charge in [0.15, 0.2) is 22.5 Å². The molecule has 0 aliphatic carbocycles. The van der Waals surface area contributed by atoms with Gasteiger partial charge in [0.1, 0.15) is 0 Å². The summed E-state index contributed by atoms with van der Waals surface area (Å²) < 4.78 is 54.9. The van der Waals surface area contributed by atoms with Crippen LogP contribution in [0.5, 0.6) is 0 Å². The molecule has 0 aliphatic rings. The fourth-order valence-electron chi connectivity index (χ4n) is 0.109. The van der Waals surface area contributed by atoms with Gasteiger partial charge in [-0.1, -0.05) is 0 Å². The largest absolute Gasteiger partial charge is 0.490 e. The number of rotatable bonds is 0. The molecular formula is CF5N2S+. The van der Waals surface area contributed by atoms with Crippen LogP contribution < -0.4 is 0 Å². The van der Waals surface area contributed by atoms with Crippen molar-refractivity contribution in [2.24, 2.45) is 0 Å². The topological polar surface area (TPSA) is 6.25 Å². The second-order valence-electron chi connectivity index (χ2n) is 0.826. The van der Waals surface area contributed by atoms with Crippen molar-refractivity contribution in [3.8, 4) is 0 Å². The van der Waals surface area contributed by atoms with Gasteiger partial charge in [0.25, 0.3) is 0 Å². The number of halogens is 5. The van der Waals surface area contributed by atoms with Gasteiger partial charge in [-0.15, -0.1) is 0 Å². The van der Waals surface area contributed by atoms with Gasteiger partial charge in [0.2, 0.25) is 0 Å². The average molecular weight is 167 g/mol. The van der Waals surface area contributed by atoms with E-state index in [4.69, 9.17) is 0 Å². The molecule has 54 valence electrons. The van der Waals surface area contributed by atoms with E-state index in [1.165, 1.54) is 0 Å². The zero-order chi connectivity index (χ0) is 7.44. The van der Waals surface area contributed by atoms with Gasteiger partial charge in [0.05, 0.1) is 0 Å². The molecule has 0 radical (unpaired) electrons. The van der Waals surface area contributed by atoms with Crippen molar-refractivity contribution in [2.75, 3.05) is 0 Å².